The van der Waals surface area contributed by atoms with Crippen molar-refractivity contribution in [2.24, 2.45) is 0 Å². The van der Waals surface area contributed by atoms with Gasteiger partial charge in [0.15, 0.2) is 6.61 Å². The van der Waals surface area contributed by atoms with Gasteiger partial charge < -0.3 is 10.1 Å². The van der Waals surface area contributed by atoms with E-state index >= 15 is 0 Å². The minimum absolute atomic E-state index is 0.168. The number of nitrogens with one attached hydrogen (secondary N) is 1. The van der Waals surface area contributed by atoms with Gasteiger partial charge in [0.05, 0.1) is 20.8 Å². The number of rotatable bonds is 4. The topological polar surface area (TPSA) is 38.3 Å². The molecule has 0 atom stereocenters. The van der Waals surface area contributed by atoms with E-state index in [-0.39, 0.29) is 12.5 Å². The number of amides is 1. The van der Waals surface area contributed by atoms with Gasteiger partial charge in [-0.1, -0.05) is 46.4 Å². The van der Waals surface area contributed by atoms with Crippen LogP contribution in [0.4, 0.5) is 5.69 Å². The summed E-state index contributed by atoms with van der Waals surface area (Å²) in [6.07, 6.45) is 0. The van der Waals surface area contributed by atoms with E-state index in [1.54, 1.807) is 24.3 Å². The maximum atomic E-state index is 11.8. The molecule has 21 heavy (non-hydrogen) atoms. The maximum Gasteiger partial charge on any atom is 0.262 e. The number of halogens is 4. The summed E-state index contributed by atoms with van der Waals surface area (Å²) in [5.41, 5.74) is 0.371. The van der Waals surface area contributed by atoms with Crippen molar-refractivity contribution < 1.29 is 9.53 Å². The molecule has 0 heterocycles. The standard InChI is InChI=1S/C14H9Cl4NO2/c15-8-1-3-9(4-2-8)21-7-14(20)19-13-6-11(17)10(16)5-12(13)18/h1-6H,7H2,(H,19,20). The van der Waals surface area contributed by atoms with Crippen molar-refractivity contribution in [2.75, 3.05) is 11.9 Å². The van der Waals surface area contributed by atoms with Crippen molar-refractivity contribution >= 4 is 58.0 Å². The Hall–Kier alpha value is -1.13. The molecule has 2 aromatic rings. The van der Waals surface area contributed by atoms with Crippen molar-refractivity contribution in [3.8, 4) is 5.75 Å². The van der Waals surface area contributed by atoms with Gasteiger partial charge in [-0.25, -0.2) is 0 Å². The molecule has 0 fully saturated rings. The summed E-state index contributed by atoms with van der Waals surface area (Å²) in [5, 5.41) is 4.10. The lowest BCUT2D eigenvalue weighted by molar-refractivity contribution is -0.118. The summed E-state index contributed by atoms with van der Waals surface area (Å²) in [6.45, 7) is -0.168. The number of hydrogen-bond acceptors (Lipinski definition) is 2. The summed E-state index contributed by atoms with van der Waals surface area (Å²) in [4.78, 5) is 11.8. The minimum atomic E-state index is -0.370. The predicted octanol–water partition coefficient (Wildman–Crippen LogP) is 5.32. The lowest BCUT2D eigenvalue weighted by Crippen LogP contribution is -2.20. The number of carbonyl (C=O) groups excluding carboxylic acids is 1. The molecule has 0 aliphatic heterocycles. The first-order valence-electron chi connectivity index (χ1n) is 5.78. The zero-order valence-electron chi connectivity index (χ0n) is 10.5. The third kappa shape index (κ3) is 4.68. The van der Waals surface area contributed by atoms with Gasteiger partial charge in [-0.2, -0.15) is 0 Å². The van der Waals surface area contributed by atoms with Gasteiger partial charge in [-0.15, -0.1) is 0 Å². The van der Waals surface area contributed by atoms with Gasteiger partial charge in [0.25, 0.3) is 5.91 Å². The highest BCUT2D eigenvalue weighted by atomic mass is 35.5. The zero-order valence-corrected chi connectivity index (χ0v) is 13.5. The molecule has 0 saturated heterocycles. The second-order valence-corrected chi connectivity index (χ2v) is 5.69. The average Bonchev–Trinajstić information content (AvgIpc) is 2.44. The fourth-order valence-electron chi connectivity index (χ4n) is 1.48. The predicted molar refractivity (Wildman–Crippen MR) is 87.0 cm³/mol. The Bertz CT molecular complexity index is 659. The van der Waals surface area contributed by atoms with E-state index in [0.717, 1.165) is 0 Å². The Morgan fingerprint density at radius 2 is 1.57 bits per heavy atom. The molecular formula is C14H9Cl4NO2. The van der Waals surface area contributed by atoms with E-state index in [9.17, 15) is 4.79 Å². The van der Waals surface area contributed by atoms with Crippen LogP contribution in [-0.2, 0) is 4.79 Å². The van der Waals surface area contributed by atoms with Crippen molar-refractivity contribution in [3.05, 3.63) is 56.5 Å². The molecular weight excluding hydrogens is 356 g/mol. The number of ether oxygens (including phenoxy) is 1. The summed E-state index contributed by atoms with van der Waals surface area (Å²) >= 11 is 23.4. The molecule has 0 saturated carbocycles. The Kier molecular flexibility index (Phi) is 5.59. The summed E-state index contributed by atoms with van der Waals surface area (Å²) in [5.74, 6) is 0.167. The smallest absolute Gasteiger partial charge is 0.262 e. The Balaban J connectivity index is 1.96. The van der Waals surface area contributed by atoms with Crippen LogP contribution in [-0.4, -0.2) is 12.5 Å². The summed E-state index contributed by atoms with van der Waals surface area (Å²) in [7, 11) is 0. The molecule has 7 heteroatoms. The van der Waals surface area contributed by atoms with E-state index < -0.39 is 0 Å². The van der Waals surface area contributed by atoms with Crippen LogP contribution >= 0.6 is 46.4 Å². The third-order valence-corrected chi connectivity index (χ3v) is 3.75. The SMILES string of the molecule is O=C(COc1ccc(Cl)cc1)Nc1cc(Cl)c(Cl)cc1Cl. The van der Waals surface area contributed by atoms with E-state index in [0.29, 0.717) is 31.5 Å². The molecule has 0 aliphatic rings. The van der Waals surface area contributed by atoms with Gasteiger partial charge in [-0.05, 0) is 36.4 Å². The summed E-state index contributed by atoms with van der Waals surface area (Å²) < 4.78 is 5.32. The van der Waals surface area contributed by atoms with Crippen LogP contribution < -0.4 is 10.1 Å². The van der Waals surface area contributed by atoms with Gasteiger partial charge in [0, 0.05) is 5.02 Å². The van der Waals surface area contributed by atoms with Crippen LogP contribution in [0, 0.1) is 0 Å². The fourth-order valence-corrected chi connectivity index (χ4v) is 2.20. The molecule has 0 spiro atoms. The maximum absolute atomic E-state index is 11.8. The van der Waals surface area contributed by atoms with Gasteiger partial charge >= 0.3 is 0 Å². The van der Waals surface area contributed by atoms with Crippen molar-refractivity contribution in [1.29, 1.82) is 0 Å². The number of hydrogen-bond donors (Lipinski definition) is 1. The quantitative estimate of drug-likeness (QED) is 0.745. The van der Waals surface area contributed by atoms with Crippen molar-refractivity contribution in [1.82, 2.24) is 0 Å². The number of carbonyl (C=O) groups is 1. The highest BCUT2D eigenvalue weighted by Crippen LogP contribution is 2.32. The number of anilines is 1. The van der Waals surface area contributed by atoms with Crippen LogP contribution in [0.15, 0.2) is 36.4 Å². The van der Waals surface area contributed by atoms with Crippen LogP contribution in [0.5, 0.6) is 5.75 Å². The van der Waals surface area contributed by atoms with Gasteiger partial charge in [-0.3, -0.25) is 4.79 Å². The Morgan fingerprint density at radius 3 is 2.24 bits per heavy atom. The molecule has 0 unspecified atom stereocenters. The Labute approximate surface area is 141 Å². The lowest BCUT2D eigenvalue weighted by Gasteiger charge is -2.10. The van der Waals surface area contributed by atoms with Crippen LogP contribution in [0.3, 0.4) is 0 Å². The molecule has 1 N–H and O–H groups in total. The monoisotopic (exact) mass is 363 g/mol. The molecule has 2 rings (SSSR count). The highest BCUT2D eigenvalue weighted by Gasteiger charge is 2.10. The molecule has 0 radical (unpaired) electrons. The zero-order chi connectivity index (χ0) is 15.4. The first-order chi connectivity index (χ1) is 9.95. The molecule has 2 aromatic carbocycles. The highest BCUT2D eigenvalue weighted by molar-refractivity contribution is 6.44. The van der Waals surface area contributed by atoms with Gasteiger partial charge in [0.2, 0.25) is 0 Å². The molecule has 0 aliphatic carbocycles. The molecule has 0 bridgehead atoms. The molecule has 3 nitrogen and oxygen atoms in total. The molecule has 110 valence electrons. The van der Waals surface area contributed by atoms with Crippen LogP contribution in [0.1, 0.15) is 0 Å². The first kappa shape index (κ1) is 16.2. The van der Waals surface area contributed by atoms with Crippen molar-refractivity contribution in [3.63, 3.8) is 0 Å². The third-order valence-electron chi connectivity index (χ3n) is 2.47. The second kappa shape index (κ2) is 7.23. The van der Waals surface area contributed by atoms with Crippen LogP contribution in [0.2, 0.25) is 20.1 Å². The fraction of sp³-hybridized carbons (Fsp3) is 0.0714. The summed E-state index contributed by atoms with van der Waals surface area (Å²) in [6, 6.07) is 9.62. The van der Waals surface area contributed by atoms with E-state index in [1.165, 1.54) is 12.1 Å². The van der Waals surface area contributed by atoms with E-state index in [1.807, 2.05) is 0 Å². The average molecular weight is 365 g/mol. The van der Waals surface area contributed by atoms with Gasteiger partial charge in [0.1, 0.15) is 5.75 Å². The normalized spacial score (nSPS) is 10.3. The molecule has 0 aromatic heterocycles. The van der Waals surface area contributed by atoms with E-state index in [2.05, 4.69) is 5.32 Å². The number of benzene rings is 2. The largest absolute Gasteiger partial charge is 0.484 e. The Morgan fingerprint density at radius 1 is 0.952 bits per heavy atom. The molecule has 1 amide bonds. The first-order valence-corrected chi connectivity index (χ1v) is 7.29. The van der Waals surface area contributed by atoms with Crippen molar-refractivity contribution in [2.45, 2.75) is 0 Å². The van der Waals surface area contributed by atoms with E-state index in [4.69, 9.17) is 51.1 Å². The minimum Gasteiger partial charge on any atom is -0.484 e. The lowest BCUT2D eigenvalue weighted by atomic mass is 10.3. The second-order valence-electron chi connectivity index (χ2n) is 4.04. The van der Waals surface area contributed by atoms with Crippen LogP contribution in [0.25, 0.3) is 0 Å².